The van der Waals surface area contributed by atoms with E-state index in [1.54, 1.807) is 24.3 Å². The van der Waals surface area contributed by atoms with Crippen molar-refractivity contribution < 1.29 is 13.7 Å². The Hall–Kier alpha value is -3.65. The van der Waals surface area contributed by atoms with Gasteiger partial charge in [-0.1, -0.05) is 16.8 Å². The first-order valence-electron chi connectivity index (χ1n) is 10.6. The largest absolute Gasteiger partial charge is 0.368 e. The van der Waals surface area contributed by atoms with Gasteiger partial charge in [0, 0.05) is 48.6 Å². The third-order valence-corrected chi connectivity index (χ3v) is 5.96. The van der Waals surface area contributed by atoms with E-state index in [4.69, 9.17) is 16.1 Å². The van der Waals surface area contributed by atoms with Crippen LogP contribution in [-0.4, -0.2) is 51.7 Å². The first kappa shape index (κ1) is 21.2. The van der Waals surface area contributed by atoms with Gasteiger partial charge in [-0.15, -0.1) is 0 Å². The predicted octanol–water partition coefficient (Wildman–Crippen LogP) is 4.35. The third kappa shape index (κ3) is 4.61. The fourth-order valence-corrected chi connectivity index (χ4v) is 4.03. The van der Waals surface area contributed by atoms with Crippen LogP contribution in [0.1, 0.15) is 0 Å². The molecule has 5 rings (SSSR count). The molecule has 2 aromatic heterocycles. The molecular formula is C24H21ClFN5O2. The average Bonchev–Trinajstić information content (AvgIpc) is 3.50. The highest BCUT2D eigenvalue weighted by Crippen LogP contribution is 2.24. The standard InChI is InChI=1S/C24H21ClFN5O2/c25-18-5-3-17(4-6-18)23-27-24(33-28-23)21-2-1-11-31(21)16-22(32)30-14-12-29(13-15-30)20-9-7-19(26)8-10-20/h1-11H,12-16H2. The Labute approximate surface area is 195 Å². The summed E-state index contributed by atoms with van der Waals surface area (Å²) in [6.45, 7) is 2.79. The van der Waals surface area contributed by atoms with Crippen molar-refractivity contribution in [2.24, 2.45) is 0 Å². The van der Waals surface area contributed by atoms with Crippen molar-refractivity contribution in [3.05, 3.63) is 77.7 Å². The monoisotopic (exact) mass is 465 g/mol. The van der Waals surface area contributed by atoms with E-state index in [0.29, 0.717) is 48.6 Å². The number of benzene rings is 2. The Morgan fingerprint density at radius 3 is 2.45 bits per heavy atom. The molecule has 0 aliphatic carbocycles. The molecule has 0 spiro atoms. The molecule has 2 aromatic carbocycles. The molecule has 1 amide bonds. The lowest BCUT2D eigenvalue weighted by Gasteiger charge is -2.36. The van der Waals surface area contributed by atoms with E-state index in [9.17, 15) is 9.18 Å². The molecule has 3 heterocycles. The Morgan fingerprint density at radius 2 is 1.73 bits per heavy atom. The lowest BCUT2D eigenvalue weighted by molar-refractivity contribution is -0.132. The van der Waals surface area contributed by atoms with Gasteiger partial charge in [0.15, 0.2) is 0 Å². The maximum atomic E-state index is 13.2. The van der Waals surface area contributed by atoms with E-state index < -0.39 is 0 Å². The van der Waals surface area contributed by atoms with Gasteiger partial charge in [-0.3, -0.25) is 4.79 Å². The Bertz CT molecular complexity index is 1240. The number of carbonyl (C=O) groups excluding carboxylic acids is 1. The number of carbonyl (C=O) groups is 1. The number of nitrogens with zero attached hydrogens (tertiary/aromatic N) is 5. The molecule has 9 heteroatoms. The van der Waals surface area contributed by atoms with E-state index in [1.807, 2.05) is 39.9 Å². The zero-order valence-corrected chi connectivity index (χ0v) is 18.5. The molecule has 0 unspecified atom stereocenters. The summed E-state index contributed by atoms with van der Waals surface area (Å²) in [4.78, 5) is 21.4. The average molecular weight is 466 g/mol. The molecule has 1 aliphatic heterocycles. The molecule has 0 bridgehead atoms. The summed E-state index contributed by atoms with van der Waals surface area (Å²) in [6, 6.07) is 17.3. The summed E-state index contributed by atoms with van der Waals surface area (Å²) in [5.41, 5.74) is 2.44. The van der Waals surface area contributed by atoms with Crippen molar-refractivity contribution >= 4 is 23.2 Å². The number of hydrogen-bond donors (Lipinski definition) is 0. The lowest BCUT2D eigenvalue weighted by atomic mass is 10.2. The second kappa shape index (κ2) is 9.07. The predicted molar refractivity (Wildman–Crippen MR) is 123 cm³/mol. The first-order valence-corrected chi connectivity index (χ1v) is 11.0. The van der Waals surface area contributed by atoms with Gasteiger partial charge in [-0.2, -0.15) is 4.98 Å². The molecule has 1 fully saturated rings. The summed E-state index contributed by atoms with van der Waals surface area (Å²) in [7, 11) is 0. The summed E-state index contributed by atoms with van der Waals surface area (Å²) in [5.74, 6) is 0.566. The van der Waals surface area contributed by atoms with E-state index >= 15 is 0 Å². The van der Waals surface area contributed by atoms with Gasteiger partial charge in [0.2, 0.25) is 11.7 Å². The topological polar surface area (TPSA) is 67.4 Å². The Balaban J connectivity index is 1.23. The van der Waals surface area contributed by atoms with Crippen molar-refractivity contribution in [1.82, 2.24) is 19.6 Å². The molecule has 0 atom stereocenters. The number of halogens is 2. The normalized spacial score (nSPS) is 14.0. The number of anilines is 1. The summed E-state index contributed by atoms with van der Waals surface area (Å²) in [6.07, 6.45) is 1.83. The molecule has 4 aromatic rings. The van der Waals surface area contributed by atoms with E-state index in [0.717, 1.165) is 11.3 Å². The second-order valence-corrected chi connectivity index (χ2v) is 8.23. The summed E-state index contributed by atoms with van der Waals surface area (Å²) in [5, 5.41) is 4.69. The van der Waals surface area contributed by atoms with Crippen molar-refractivity contribution in [3.8, 4) is 23.0 Å². The van der Waals surface area contributed by atoms with Gasteiger partial charge >= 0.3 is 0 Å². The van der Waals surface area contributed by atoms with Gasteiger partial charge in [0.05, 0.1) is 0 Å². The van der Waals surface area contributed by atoms with Gasteiger partial charge in [-0.05, 0) is 60.7 Å². The first-order chi connectivity index (χ1) is 16.1. The van der Waals surface area contributed by atoms with Gasteiger partial charge in [-0.25, -0.2) is 4.39 Å². The quantitative estimate of drug-likeness (QED) is 0.438. The van der Waals surface area contributed by atoms with E-state index in [2.05, 4.69) is 15.0 Å². The van der Waals surface area contributed by atoms with Crippen molar-refractivity contribution in [1.29, 1.82) is 0 Å². The van der Waals surface area contributed by atoms with Crippen LogP contribution in [0.15, 0.2) is 71.4 Å². The van der Waals surface area contributed by atoms with Crippen LogP contribution < -0.4 is 4.90 Å². The van der Waals surface area contributed by atoms with Crippen molar-refractivity contribution in [2.45, 2.75) is 6.54 Å². The Kier molecular flexibility index (Phi) is 5.83. The highest BCUT2D eigenvalue weighted by Gasteiger charge is 2.23. The number of piperazine rings is 1. The number of hydrogen-bond acceptors (Lipinski definition) is 5. The maximum absolute atomic E-state index is 13.2. The second-order valence-electron chi connectivity index (χ2n) is 7.80. The Morgan fingerprint density at radius 1 is 1.00 bits per heavy atom. The van der Waals surface area contributed by atoms with Crippen molar-refractivity contribution in [2.75, 3.05) is 31.1 Å². The third-order valence-electron chi connectivity index (χ3n) is 5.71. The molecule has 33 heavy (non-hydrogen) atoms. The van der Waals surface area contributed by atoms with E-state index in [-0.39, 0.29) is 18.3 Å². The minimum atomic E-state index is -0.253. The molecule has 7 nitrogen and oxygen atoms in total. The van der Waals surface area contributed by atoms with Gasteiger partial charge in [0.25, 0.3) is 5.89 Å². The zero-order valence-electron chi connectivity index (χ0n) is 17.7. The summed E-state index contributed by atoms with van der Waals surface area (Å²) < 4.78 is 20.4. The smallest absolute Gasteiger partial charge is 0.274 e. The maximum Gasteiger partial charge on any atom is 0.274 e. The molecule has 0 N–H and O–H groups in total. The number of rotatable bonds is 5. The number of amides is 1. The van der Waals surface area contributed by atoms with Crippen LogP contribution in [-0.2, 0) is 11.3 Å². The molecule has 1 aliphatic rings. The minimum absolute atomic E-state index is 0.0173. The highest BCUT2D eigenvalue weighted by molar-refractivity contribution is 6.30. The molecule has 0 saturated carbocycles. The van der Waals surface area contributed by atoms with Crippen LogP contribution in [0, 0.1) is 5.82 Å². The van der Waals surface area contributed by atoms with Gasteiger partial charge < -0.3 is 18.9 Å². The SMILES string of the molecule is O=C(Cn1cccc1-c1nc(-c2ccc(Cl)cc2)no1)N1CCN(c2ccc(F)cc2)CC1. The number of aromatic nitrogens is 3. The van der Waals surface area contributed by atoms with Crippen molar-refractivity contribution in [3.63, 3.8) is 0 Å². The van der Waals surface area contributed by atoms with Crippen LogP contribution in [0.2, 0.25) is 5.02 Å². The van der Waals surface area contributed by atoms with Crippen LogP contribution in [0.4, 0.5) is 10.1 Å². The zero-order chi connectivity index (χ0) is 22.8. The van der Waals surface area contributed by atoms with Crippen LogP contribution in [0.3, 0.4) is 0 Å². The van der Waals surface area contributed by atoms with Crippen LogP contribution in [0.25, 0.3) is 23.0 Å². The fraction of sp³-hybridized carbons (Fsp3) is 0.208. The van der Waals surface area contributed by atoms with E-state index in [1.165, 1.54) is 12.1 Å². The van der Waals surface area contributed by atoms with Crippen LogP contribution in [0.5, 0.6) is 0 Å². The lowest BCUT2D eigenvalue weighted by Crippen LogP contribution is -2.49. The van der Waals surface area contributed by atoms with Gasteiger partial charge in [0.1, 0.15) is 18.1 Å². The molecular weight excluding hydrogens is 445 g/mol. The van der Waals surface area contributed by atoms with Crippen LogP contribution >= 0.6 is 11.6 Å². The molecule has 0 radical (unpaired) electrons. The highest BCUT2D eigenvalue weighted by atomic mass is 35.5. The fourth-order valence-electron chi connectivity index (χ4n) is 3.90. The minimum Gasteiger partial charge on any atom is -0.368 e. The molecule has 168 valence electrons. The molecule has 1 saturated heterocycles. The summed E-state index contributed by atoms with van der Waals surface area (Å²) >= 11 is 5.94.